The van der Waals surface area contributed by atoms with E-state index in [0.29, 0.717) is 28.7 Å². The number of benzene rings is 1. The van der Waals surface area contributed by atoms with E-state index in [9.17, 15) is 14.9 Å². The molecule has 1 fully saturated rings. The van der Waals surface area contributed by atoms with Crippen LogP contribution in [0.5, 0.6) is 0 Å². The molecule has 0 bridgehead atoms. The molecule has 1 heterocycles. The van der Waals surface area contributed by atoms with Crippen molar-refractivity contribution < 1.29 is 9.72 Å². The molecule has 1 N–H and O–H groups in total. The first-order valence-corrected chi connectivity index (χ1v) is 6.68. The minimum Gasteiger partial charge on any atom is -0.310 e. The van der Waals surface area contributed by atoms with E-state index in [2.05, 4.69) is 21.2 Å². The van der Waals surface area contributed by atoms with Crippen molar-refractivity contribution in [1.82, 2.24) is 5.32 Å². The minimum absolute atomic E-state index is 0.0268. The minimum atomic E-state index is -0.429. The van der Waals surface area contributed by atoms with Gasteiger partial charge in [0, 0.05) is 22.6 Å². The molecular weight excluding hydrogens is 314 g/mol. The summed E-state index contributed by atoms with van der Waals surface area (Å²) < 4.78 is 0.695. The van der Waals surface area contributed by atoms with Crippen LogP contribution in [-0.4, -0.2) is 30.5 Å². The predicted octanol–water partition coefficient (Wildman–Crippen LogP) is 1.99. The first kappa shape index (κ1) is 14.0. The van der Waals surface area contributed by atoms with Crippen LogP contribution in [0.4, 0.5) is 11.4 Å². The summed E-state index contributed by atoms with van der Waals surface area (Å²) in [5.74, 6) is -0.0543. The van der Waals surface area contributed by atoms with Crippen LogP contribution in [0.2, 0.25) is 0 Å². The third-order valence-electron chi connectivity index (χ3n) is 3.31. The van der Waals surface area contributed by atoms with Gasteiger partial charge in [0.25, 0.3) is 5.69 Å². The largest absolute Gasteiger partial charge is 0.310 e. The lowest BCUT2D eigenvalue weighted by atomic mass is 10.1. The molecule has 0 aromatic heterocycles. The Labute approximate surface area is 119 Å². The van der Waals surface area contributed by atoms with Gasteiger partial charge in [-0.15, -0.1) is 0 Å². The molecule has 0 saturated carbocycles. The summed E-state index contributed by atoms with van der Waals surface area (Å²) in [4.78, 5) is 24.3. The van der Waals surface area contributed by atoms with Crippen molar-refractivity contribution in [3.05, 3.63) is 32.3 Å². The highest BCUT2D eigenvalue weighted by atomic mass is 79.9. The quantitative estimate of drug-likeness (QED) is 0.680. The highest BCUT2D eigenvalue weighted by molar-refractivity contribution is 9.10. The zero-order valence-corrected chi connectivity index (χ0v) is 12.2. The molecule has 7 heteroatoms. The van der Waals surface area contributed by atoms with Gasteiger partial charge in [0.05, 0.1) is 16.7 Å². The predicted molar refractivity (Wildman–Crippen MR) is 75.4 cm³/mol. The number of nitrogens with zero attached hydrogens (tertiary/aromatic N) is 2. The fraction of sp³-hybridized carbons (Fsp3) is 0.417. The lowest BCUT2D eigenvalue weighted by Gasteiger charge is -2.18. The summed E-state index contributed by atoms with van der Waals surface area (Å²) >= 11 is 3.37. The third-order valence-corrected chi connectivity index (χ3v) is 3.94. The average Bonchev–Trinajstić information content (AvgIpc) is 2.70. The zero-order valence-electron chi connectivity index (χ0n) is 10.6. The molecule has 1 unspecified atom stereocenters. The fourth-order valence-corrected chi connectivity index (χ4v) is 2.91. The van der Waals surface area contributed by atoms with Gasteiger partial charge in [-0.1, -0.05) is 0 Å². The van der Waals surface area contributed by atoms with Crippen molar-refractivity contribution in [2.75, 3.05) is 18.5 Å². The van der Waals surface area contributed by atoms with E-state index in [-0.39, 0.29) is 17.6 Å². The molecule has 1 atom stereocenters. The van der Waals surface area contributed by atoms with E-state index in [1.807, 2.05) is 0 Å². The molecule has 19 heavy (non-hydrogen) atoms. The van der Waals surface area contributed by atoms with Gasteiger partial charge in [0.15, 0.2) is 0 Å². The first-order chi connectivity index (χ1) is 8.95. The number of halogens is 1. The Bertz CT molecular complexity index is 547. The van der Waals surface area contributed by atoms with Gasteiger partial charge >= 0.3 is 0 Å². The summed E-state index contributed by atoms with van der Waals surface area (Å²) in [6.07, 6.45) is 0.698. The van der Waals surface area contributed by atoms with E-state index < -0.39 is 4.92 Å². The van der Waals surface area contributed by atoms with Gasteiger partial charge in [-0.3, -0.25) is 14.9 Å². The molecule has 0 radical (unpaired) electrons. The van der Waals surface area contributed by atoms with Crippen LogP contribution in [0.3, 0.4) is 0 Å². The topological polar surface area (TPSA) is 75.5 Å². The number of nitrogens with one attached hydrogen (secondary N) is 1. The van der Waals surface area contributed by atoms with Crippen molar-refractivity contribution in [3.8, 4) is 0 Å². The van der Waals surface area contributed by atoms with Crippen LogP contribution in [-0.2, 0) is 4.79 Å². The smallest absolute Gasteiger partial charge is 0.274 e. The average molecular weight is 328 g/mol. The van der Waals surface area contributed by atoms with E-state index in [1.165, 1.54) is 6.07 Å². The lowest BCUT2D eigenvalue weighted by Crippen LogP contribution is -2.36. The number of carbonyl (C=O) groups excluding carboxylic acids is 1. The monoisotopic (exact) mass is 327 g/mol. The first-order valence-electron chi connectivity index (χ1n) is 5.89. The second-order valence-electron chi connectivity index (χ2n) is 4.47. The molecule has 1 amide bonds. The summed E-state index contributed by atoms with van der Waals surface area (Å²) in [7, 11) is 1.73. The Kier molecular flexibility index (Phi) is 3.86. The number of nitro groups is 1. The van der Waals surface area contributed by atoms with Crippen molar-refractivity contribution >= 4 is 33.2 Å². The Morgan fingerprint density at radius 3 is 2.74 bits per heavy atom. The Morgan fingerprint density at radius 1 is 1.53 bits per heavy atom. The lowest BCUT2D eigenvalue weighted by molar-refractivity contribution is -0.385. The van der Waals surface area contributed by atoms with Crippen molar-refractivity contribution in [1.29, 1.82) is 0 Å². The SMILES string of the molecule is CNC1CCN(c2cc([N+](=O)[O-])c(C)cc2Br)C1=O. The zero-order chi connectivity index (χ0) is 14.2. The van der Waals surface area contributed by atoms with E-state index in [4.69, 9.17) is 0 Å². The molecule has 1 saturated heterocycles. The van der Waals surface area contributed by atoms with Gasteiger partial charge < -0.3 is 10.2 Å². The molecular formula is C12H14BrN3O3. The summed E-state index contributed by atoms with van der Waals surface area (Å²) in [6.45, 7) is 2.23. The van der Waals surface area contributed by atoms with Crippen molar-refractivity contribution in [2.24, 2.45) is 0 Å². The van der Waals surface area contributed by atoms with Crippen molar-refractivity contribution in [2.45, 2.75) is 19.4 Å². The van der Waals surface area contributed by atoms with E-state index >= 15 is 0 Å². The van der Waals surface area contributed by atoms with Gasteiger partial charge in [-0.2, -0.15) is 0 Å². The summed E-state index contributed by atoms with van der Waals surface area (Å²) in [5.41, 5.74) is 1.15. The molecule has 1 aliphatic heterocycles. The van der Waals surface area contributed by atoms with Gasteiger partial charge in [0.1, 0.15) is 0 Å². The number of hydrogen-bond donors (Lipinski definition) is 1. The van der Waals surface area contributed by atoms with E-state index in [0.717, 1.165) is 0 Å². The number of aryl methyl sites for hydroxylation is 1. The molecule has 1 aliphatic rings. The number of nitro benzene ring substituents is 1. The number of amides is 1. The number of rotatable bonds is 3. The maximum Gasteiger partial charge on any atom is 0.274 e. The molecule has 1 aromatic carbocycles. The van der Waals surface area contributed by atoms with Gasteiger partial charge in [-0.25, -0.2) is 0 Å². The van der Waals surface area contributed by atoms with Crippen LogP contribution in [0, 0.1) is 17.0 Å². The van der Waals surface area contributed by atoms with Crippen LogP contribution >= 0.6 is 15.9 Å². The molecule has 1 aromatic rings. The number of anilines is 1. The van der Waals surface area contributed by atoms with Crippen molar-refractivity contribution in [3.63, 3.8) is 0 Å². The highest BCUT2D eigenvalue weighted by Crippen LogP contribution is 2.35. The Hall–Kier alpha value is -1.47. The molecule has 102 valence electrons. The fourth-order valence-electron chi connectivity index (χ4n) is 2.24. The summed E-state index contributed by atoms with van der Waals surface area (Å²) in [6, 6.07) is 2.91. The summed E-state index contributed by atoms with van der Waals surface area (Å²) in [5, 5.41) is 13.9. The maximum absolute atomic E-state index is 12.1. The third kappa shape index (κ3) is 2.48. The Morgan fingerprint density at radius 2 is 2.21 bits per heavy atom. The number of hydrogen-bond acceptors (Lipinski definition) is 4. The van der Waals surface area contributed by atoms with Gasteiger partial charge in [-0.05, 0) is 42.4 Å². The second kappa shape index (κ2) is 5.26. The highest BCUT2D eigenvalue weighted by Gasteiger charge is 2.33. The Balaban J connectivity index is 2.43. The standard InChI is InChI=1S/C12H14BrN3O3/c1-7-5-8(13)11(6-10(7)16(18)19)15-4-3-9(14-2)12(15)17/h5-6,9,14H,3-4H2,1-2H3. The van der Waals surface area contributed by atoms with Crippen LogP contribution in [0.1, 0.15) is 12.0 Å². The van der Waals surface area contributed by atoms with Crippen LogP contribution in [0.15, 0.2) is 16.6 Å². The van der Waals surface area contributed by atoms with Crippen LogP contribution < -0.4 is 10.2 Å². The van der Waals surface area contributed by atoms with Crippen LogP contribution in [0.25, 0.3) is 0 Å². The number of carbonyl (C=O) groups is 1. The molecule has 6 nitrogen and oxygen atoms in total. The van der Waals surface area contributed by atoms with Gasteiger partial charge in [0.2, 0.25) is 5.91 Å². The van der Waals surface area contributed by atoms with E-state index in [1.54, 1.807) is 24.9 Å². The molecule has 2 rings (SSSR count). The number of likely N-dealkylation sites (N-methyl/N-ethyl adjacent to an activating group) is 1. The molecule has 0 aliphatic carbocycles. The maximum atomic E-state index is 12.1. The second-order valence-corrected chi connectivity index (χ2v) is 5.32. The normalized spacial score (nSPS) is 19.0. The molecule has 0 spiro atoms.